The summed E-state index contributed by atoms with van der Waals surface area (Å²) >= 11 is 0. The maximum atomic E-state index is 12.3. The average molecular weight is 166 g/mol. The number of Topliss-reactive ketones (excluding diaryl/α,β-unsaturated/α-hetero) is 1. The average Bonchev–Trinajstić information content (AvgIpc) is 1.88. The summed E-state index contributed by atoms with van der Waals surface area (Å²) in [5.74, 6) is -7.28. The number of ether oxygens (including phenoxy) is 1. The Morgan fingerprint density at radius 2 is 1.91 bits per heavy atom. The molecule has 0 aliphatic carbocycles. The third-order valence-electron chi connectivity index (χ3n) is 0.974. The Bertz CT molecular complexity index is 177. The predicted octanol–water partition coefficient (Wildman–Crippen LogP) is 0.774. The molecule has 0 aliphatic rings. The van der Waals surface area contributed by atoms with Crippen molar-refractivity contribution in [2.45, 2.75) is 19.8 Å². The molecular formula is C6H8F2O3. The highest BCUT2D eigenvalue weighted by molar-refractivity contribution is 6.03. The largest absolute Gasteiger partial charge is 0.461 e. The van der Waals surface area contributed by atoms with Gasteiger partial charge < -0.3 is 4.74 Å². The molecule has 0 saturated carbocycles. The van der Waals surface area contributed by atoms with Crippen LogP contribution in [0.2, 0.25) is 0 Å². The summed E-state index contributed by atoms with van der Waals surface area (Å²) in [5.41, 5.74) is 0. The van der Waals surface area contributed by atoms with Crippen molar-refractivity contribution in [2.75, 3.05) is 6.61 Å². The fraction of sp³-hybridized carbons (Fsp3) is 0.667. The molecule has 0 amide bonds. The molecule has 11 heavy (non-hydrogen) atoms. The summed E-state index contributed by atoms with van der Waals surface area (Å²) in [5, 5.41) is 0. The van der Waals surface area contributed by atoms with Gasteiger partial charge in [-0.3, -0.25) is 4.79 Å². The second-order valence-corrected chi connectivity index (χ2v) is 1.85. The van der Waals surface area contributed by atoms with Crippen LogP contribution < -0.4 is 0 Å². The van der Waals surface area contributed by atoms with Gasteiger partial charge in [0.05, 0.1) is 6.61 Å². The summed E-state index contributed by atoms with van der Waals surface area (Å²) in [4.78, 5) is 20.4. The van der Waals surface area contributed by atoms with Crippen molar-refractivity contribution in [1.29, 1.82) is 0 Å². The molecule has 0 radical (unpaired) electrons. The lowest BCUT2D eigenvalue weighted by molar-refractivity contribution is -0.175. The molecule has 0 aromatic heterocycles. The van der Waals surface area contributed by atoms with E-state index < -0.39 is 17.7 Å². The minimum atomic E-state index is -3.99. The van der Waals surface area contributed by atoms with Gasteiger partial charge in [0.25, 0.3) is 0 Å². The first kappa shape index (κ1) is 10.0. The van der Waals surface area contributed by atoms with Gasteiger partial charge in [-0.05, 0) is 6.92 Å². The van der Waals surface area contributed by atoms with E-state index in [1.807, 2.05) is 0 Å². The molecule has 0 aliphatic heterocycles. The lowest BCUT2D eigenvalue weighted by atomic mass is 10.2. The minimum Gasteiger partial charge on any atom is -0.461 e. The molecule has 0 atom stereocenters. The predicted molar refractivity (Wildman–Crippen MR) is 32.3 cm³/mol. The first-order chi connectivity index (χ1) is 4.92. The highest BCUT2D eigenvalue weighted by atomic mass is 19.3. The van der Waals surface area contributed by atoms with Crippen LogP contribution in [0.5, 0.6) is 0 Å². The van der Waals surface area contributed by atoms with Crippen LogP contribution in [0.4, 0.5) is 8.78 Å². The number of alkyl halides is 2. The number of esters is 1. The molecule has 0 fully saturated rings. The molecule has 0 bridgehead atoms. The molecule has 3 nitrogen and oxygen atoms in total. The van der Waals surface area contributed by atoms with Crippen molar-refractivity contribution in [3.63, 3.8) is 0 Å². The van der Waals surface area contributed by atoms with Crippen LogP contribution in [-0.4, -0.2) is 24.3 Å². The number of halogens is 2. The molecule has 0 aromatic rings. The Hall–Kier alpha value is -1.00. The van der Waals surface area contributed by atoms with Crippen LogP contribution in [0.3, 0.4) is 0 Å². The maximum absolute atomic E-state index is 12.3. The molecule has 0 rings (SSSR count). The molecule has 64 valence electrons. The van der Waals surface area contributed by atoms with E-state index in [9.17, 15) is 18.4 Å². The van der Waals surface area contributed by atoms with Crippen molar-refractivity contribution in [1.82, 2.24) is 0 Å². The number of hydrogen-bond donors (Lipinski definition) is 0. The van der Waals surface area contributed by atoms with E-state index in [4.69, 9.17) is 0 Å². The molecule has 0 heterocycles. The van der Waals surface area contributed by atoms with Crippen LogP contribution in [0.15, 0.2) is 0 Å². The van der Waals surface area contributed by atoms with Gasteiger partial charge >= 0.3 is 11.9 Å². The van der Waals surface area contributed by atoms with Gasteiger partial charge in [-0.1, -0.05) is 0 Å². The third-order valence-corrected chi connectivity index (χ3v) is 0.974. The normalized spacial score (nSPS) is 10.9. The van der Waals surface area contributed by atoms with Gasteiger partial charge in [0, 0.05) is 6.92 Å². The standard InChI is InChI=1S/C6H8F2O3/c1-3-11-5(10)6(7,8)4(2)9/h3H2,1-2H3. The SMILES string of the molecule is CCOC(=O)C(F)(F)C(C)=O. The minimum absolute atomic E-state index is 0.165. The van der Waals surface area contributed by atoms with E-state index in [2.05, 4.69) is 4.74 Å². The Labute approximate surface area is 62.3 Å². The number of rotatable bonds is 3. The van der Waals surface area contributed by atoms with Gasteiger partial charge in [-0.15, -0.1) is 0 Å². The first-order valence-corrected chi connectivity index (χ1v) is 2.99. The van der Waals surface area contributed by atoms with Crippen LogP contribution in [-0.2, 0) is 14.3 Å². The summed E-state index contributed by atoms with van der Waals surface area (Å²) in [6.07, 6.45) is 0. The topological polar surface area (TPSA) is 43.4 Å². The fourth-order valence-corrected chi connectivity index (χ4v) is 0.365. The van der Waals surface area contributed by atoms with Gasteiger partial charge in [0.2, 0.25) is 5.78 Å². The van der Waals surface area contributed by atoms with E-state index in [-0.39, 0.29) is 6.61 Å². The Kier molecular flexibility index (Phi) is 3.10. The summed E-state index contributed by atoms with van der Waals surface area (Å²) in [6.45, 7) is 1.85. The Morgan fingerprint density at radius 3 is 2.18 bits per heavy atom. The Morgan fingerprint density at radius 1 is 1.45 bits per heavy atom. The monoisotopic (exact) mass is 166 g/mol. The van der Waals surface area contributed by atoms with E-state index in [0.717, 1.165) is 0 Å². The molecule has 0 unspecified atom stereocenters. The van der Waals surface area contributed by atoms with Crippen molar-refractivity contribution < 1.29 is 23.1 Å². The van der Waals surface area contributed by atoms with Gasteiger partial charge in [-0.25, -0.2) is 4.79 Å². The Balaban J connectivity index is 4.30. The van der Waals surface area contributed by atoms with Crippen LogP contribution in [0, 0.1) is 0 Å². The zero-order chi connectivity index (χ0) is 9.07. The maximum Gasteiger partial charge on any atom is 0.399 e. The highest BCUT2D eigenvalue weighted by Crippen LogP contribution is 2.16. The number of carbonyl (C=O) groups excluding carboxylic acids is 2. The number of carbonyl (C=O) groups is 2. The van der Waals surface area contributed by atoms with E-state index >= 15 is 0 Å². The van der Waals surface area contributed by atoms with Crippen molar-refractivity contribution in [3.8, 4) is 0 Å². The molecular weight excluding hydrogens is 158 g/mol. The van der Waals surface area contributed by atoms with Gasteiger partial charge in [0.15, 0.2) is 0 Å². The zero-order valence-corrected chi connectivity index (χ0v) is 6.19. The third kappa shape index (κ3) is 2.25. The van der Waals surface area contributed by atoms with Crippen LogP contribution in [0.1, 0.15) is 13.8 Å². The zero-order valence-electron chi connectivity index (χ0n) is 6.19. The summed E-state index contributed by atoms with van der Waals surface area (Å²) < 4.78 is 28.6. The van der Waals surface area contributed by atoms with Crippen molar-refractivity contribution >= 4 is 11.8 Å². The van der Waals surface area contributed by atoms with Crippen LogP contribution >= 0.6 is 0 Å². The van der Waals surface area contributed by atoms with Crippen molar-refractivity contribution in [3.05, 3.63) is 0 Å². The second-order valence-electron chi connectivity index (χ2n) is 1.85. The molecule has 0 spiro atoms. The number of hydrogen-bond acceptors (Lipinski definition) is 3. The van der Waals surface area contributed by atoms with E-state index in [1.54, 1.807) is 0 Å². The second kappa shape index (κ2) is 3.41. The lowest BCUT2D eigenvalue weighted by Crippen LogP contribution is -2.37. The lowest BCUT2D eigenvalue weighted by Gasteiger charge is -2.09. The quantitative estimate of drug-likeness (QED) is 0.459. The van der Waals surface area contributed by atoms with Crippen LogP contribution in [0.25, 0.3) is 0 Å². The highest BCUT2D eigenvalue weighted by Gasteiger charge is 2.45. The van der Waals surface area contributed by atoms with Gasteiger partial charge in [0.1, 0.15) is 0 Å². The fourth-order valence-electron chi connectivity index (χ4n) is 0.365. The first-order valence-electron chi connectivity index (χ1n) is 2.99. The summed E-state index contributed by atoms with van der Waals surface area (Å²) in [6, 6.07) is 0. The summed E-state index contributed by atoms with van der Waals surface area (Å²) in [7, 11) is 0. The van der Waals surface area contributed by atoms with Crippen molar-refractivity contribution in [2.24, 2.45) is 0 Å². The molecule has 0 aromatic carbocycles. The molecule has 0 N–H and O–H groups in total. The number of ketones is 1. The molecule has 0 saturated heterocycles. The smallest absolute Gasteiger partial charge is 0.399 e. The molecule has 5 heteroatoms. The van der Waals surface area contributed by atoms with E-state index in [1.165, 1.54) is 6.92 Å². The van der Waals surface area contributed by atoms with Gasteiger partial charge in [-0.2, -0.15) is 8.78 Å². The van der Waals surface area contributed by atoms with E-state index in [0.29, 0.717) is 6.92 Å².